The molecular formula is C12H28Cl2N6O2. The smallest absolute Gasteiger partial charge is 0.0960 e. The number of aliphatic hydroxyl groups is 2. The Bertz CT molecular complexity index is 321. The molecule has 0 fully saturated rings. The zero-order valence-corrected chi connectivity index (χ0v) is 14.7. The predicted octanol–water partition coefficient (Wildman–Crippen LogP) is 0.538. The Morgan fingerprint density at radius 2 is 1.14 bits per heavy atom. The summed E-state index contributed by atoms with van der Waals surface area (Å²) in [6, 6.07) is -0.147. The van der Waals surface area contributed by atoms with Gasteiger partial charge in [-0.05, 0) is 13.8 Å². The lowest BCUT2D eigenvalue weighted by Crippen LogP contribution is -2.20. The Kier molecular flexibility index (Phi) is 19.4. The highest BCUT2D eigenvalue weighted by molar-refractivity contribution is 5.85. The van der Waals surface area contributed by atoms with E-state index in [2.05, 4.69) is 20.2 Å². The Hall–Kier alpha value is -0.960. The van der Waals surface area contributed by atoms with Crippen LogP contribution in [-0.4, -0.2) is 60.3 Å². The van der Waals surface area contributed by atoms with Crippen molar-refractivity contribution in [2.24, 2.45) is 31.7 Å². The number of rotatable bonds is 10. The number of nitrogens with two attached hydrogens (primary N) is 2. The summed E-state index contributed by atoms with van der Waals surface area (Å²) >= 11 is 0. The van der Waals surface area contributed by atoms with E-state index in [1.807, 2.05) is 13.8 Å². The molecule has 2 unspecified atom stereocenters. The maximum absolute atomic E-state index is 8.63. The molecule has 0 aliphatic heterocycles. The second-order valence-corrected chi connectivity index (χ2v) is 4.53. The predicted molar refractivity (Wildman–Crippen MR) is 94.7 cm³/mol. The molecular weight excluding hydrogens is 331 g/mol. The molecule has 0 aromatic carbocycles. The van der Waals surface area contributed by atoms with Crippen molar-refractivity contribution < 1.29 is 10.2 Å². The zero-order chi connectivity index (χ0) is 15.4. The molecule has 0 amide bonds. The van der Waals surface area contributed by atoms with Crippen molar-refractivity contribution in [3.8, 4) is 0 Å². The van der Waals surface area contributed by atoms with Crippen LogP contribution in [0.2, 0.25) is 0 Å². The first-order valence-electron chi connectivity index (χ1n) is 6.68. The summed E-state index contributed by atoms with van der Waals surface area (Å²) in [7, 11) is 0. The van der Waals surface area contributed by atoms with Crippen LogP contribution in [0.5, 0.6) is 0 Å². The van der Waals surface area contributed by atoms with Crippen LogP contribution in [0.15, 0.2) is 20.2 Å². The fourth-order valence-corrected chi connectivity index (χ4v) is 1.43. The van der Waals surface area contributed by atoms with Gasteiger partial charge >= 0.3 is 0 Å². The van der Waals surface area contributed by atoms with Crippen LogP contribution in [0.4, 0.5) is 0 Å². The van der Waals surface area contributed by atoms with Gasteiger partial charge in [-0.15, -0.1) is 24.8 Å². The summed E-state index contributed by atoms with van der Waals surface area (Å²) in [4.78, 5) is 7.94. The van der Waals surface area contributed by atoms with Crippen molar-refractivity contribution in [3.05, 3.63) is 0 Å². The zero-order valence-electron chi connectivity index (χ0n) is 13.1. The van der Waals surface area contributed by atoms with Crippen molar-refractivity contribution >= 4 is 36.5 Å². The summed E-state index contributed by atoms with van der Waals surface area (Å²) in [5.41, 5.74) is 11.4. The van der Waals surface area contributed by atoms with Gasteiger partial charge in [0, 0.05) is 12.8 Å². The second kappa shape index (κ2) is 16.4. The number of halogens is 2. The van der Waals surface area contributed by atoms with E-state index in [1.54, 1.807) is 0 Å². The van der Waals surface area contributed by atoms with Gasteiger partial charge in [0.25, 0.3) is 0 Å². The summed E-state index contributed by atoms with van der Waals surface area (Å²) < 4.78 is 0. The molecule has 0 aromatic rings. The van der Waals surface area contributed by atoms with E-state index in [0.29, 0.717) is 37.6 Å². The number of azo groups is 1. The molecule has 0 bridgehead atoms. The first kappa shape index (κ1) is 26.0. The van der Waals surface area contributed by atoms with Crippen LogP contribution in [0.25, 0.3) is 0 Å². The van der Waals surface area contributed by atoms with Crippen molar-refractivity contribution in [1.82, 2.24) is 0 Å². The highest BCUT2D eigenvalue weighted by Gasteiger charge is 2.06. The Balaban J connectivity index is -0.00000180. The summed E-state index contributed by atoms with van der Waals surface area (Å²) in [6.45, 7) is 4.37. The van der Waals surface area contributed by atoms with Crippen molar-refractivity contribution in [3.63, 3.8) is 0 Å². The van der Waals surface area contributed by atoms with Gasteiger partial charge in [-0.1, -0.05) is 0 Å². The molecule has 0 aliphatic carbocycles. The molecule has 8 nitrogen and oxygen atoms in total. The minimum atomic E-state index is -0.0736. The van der Waals surface area contributed by atoms with Crippen LogP contribution >= 0.6 is 24.8 Å². The molecule has 6 N–H and O–H groups in total. The van der Waals surface area contributed by atoms with Crippen LogP contribution in [0.1, 0.15) is 26.7 Å². The molecule has 0 saturated heterocycles. The average Bonchev–Trinajstić information content (AvgIpc) is 2.40. The fourth-order valence-electron chi connectivity index (χ4n) is 1.43. The number of hydrogen-bond acceptors (Lipinski definition) is 6. The van der Waals surface area contributed by atoms with E-state index in [4.69, 9.17) is 21.7 Å². The van der Waals surface area contributed by atoms with E-state index < -0.39 is 0 Å². The van der Waals surface area contributed by atoms with Crippen LogP contribution in [0.3, 0.4) is 0 Å². The minimum absolute atomic E-state index is 0. The van der Waals surface area contributed by atoms with Crippen molar-refractivity contribution in [2.45, 2.75) is 38.8 Å². The summed E-state index contributed by atoms with van der Waals surface area (Å²) in [5.74, 6) is 0.921. The van der Waals surface area contributed by atoms with E-state index in [0.717, 1.165) is 0 Å². The SMILES string of the molecule is CC(CC(N)=NCCO)N=NC(C)CC(N)=NCCO.Cl.Cl. The minimum Gasteiger partial charge on any atom is -0.394 e. The summed E-state index contributed by atoms with van der Waals surface area (Å²) in [6.07, 6.45) is 1.01. The molecule has 22 heavy (non-hydrogen) atoms. The standard InChI is InChI=1S/C12H26N6O2.2ClH/c1-9(7-11(13)15-3-5-19)17-18-10(2)8-12(14)16-4-6-20;;/h9-10,19-20H,3-8H2,1-2H3,(H2,13,15)(H2,14,16);2*1H. The molecule has 10 heteroatoms. The van der Waals surface area contributed by atoms with Gasteiger partial charge in [-0.3, -0.25) is 9.98 Å². The largest absolute Gasteiger partial charge is 0.394 e. The number of aliphatic hydroxyl groups excluding tert-OH is 2. The second-order valence-electron chi connectivity index (χ2n) is 4.53. The maximum atomic E-state index is 8.63. The number of nitrogens with zero attached hydrogens (tertiary/aromatic N) is 4. The van der Waals surface area contributed by atoms with Gasteiger partial charge in [0.2, 0.25) is 0 Å². The Morgan fingerprint density at radius 1 is 0.818 bits per heavy atom. The van der Waals surface area contributed by atoms with Gasteiger partial charge in [0.1, 0.15) is 0 Å². The number of hydrogen-bond donors (Lipinski definition) is 4. The first-order valence-corrected chi connectivity index (χ1v) is 6.68. The van der Waals surface area contributed by atoms with Gasteiger partial charge in [-0.25, -0.2) is 0 Å². The Labute approximate surface area is 144 Å². The molecule has 2 atom stereocenters. The van der Waals surface area contributed by atoms with Crippen molar-refractivity contribution in [2.75, 3.05) is 26.3 Å². The lowest BCUT2D eigenvalue weighted by Gasteiger charge is -2.08. The average molecular weight is 359 g/mol. The quantitative estimate of drug-likeness (QED) is 0.256. The van der Waals surface area contributed by atoms with E-state index in [1.165, 1.54) is 0 Å². The van der Waals surface area contributed by atoms with Crippen LogP contribution < -0.4 is 11.5 Å². The number of aliphatic imine (C=N–C) groups is 2. The van der Waals surface area contributed by atoms with Gasteiger partial charge in [-0.2, -0.15) is 10.2 Å². The molecule has 0 saturated carbocycles. The van der Waals surface area contributed by atoms with E-state index in [-0.39, 0.29) is 50.1 Å². The highest BCUT2D eigenvalue weighted by atomic mass is 35.5. The maximum Gasteiger partial charge on any atom is 0.0960 e. The van der Waals surface area contributed by atoms with Crippen LogP contribution in [0, 0.1) is 0 Å². The van der Waals surface area contributed by atoms with Gasteiger partial charge in [0.05, 0.1) is 50.1 Å². The summed E-state index contributed by atoms with van der Waals surface area (Å²) in [5, 5.41) is 25.5. The topological polar surface area (TPSA) is 142 Å². The first-order chi connectivity index (χ1) is 9.49. The highest BCUT2D eigenvalue weighted by Crippen LogP contribution is 2.03. The lowest BCUT2D eigenvalue weighted by atomic mass is 10.2. The third-order valence-corrected chi connectivity index (χ3v) is 2.30. The molecule has 0 radical (unpaired) electrons. The van der Waals surface area contributed by atoms with Crippen LogP contribution in [-0.2, 0) is 0 Å². The Morgan fingerprint density at radius 3 is 1.41 bits per heavy atom. The molecule has 0 heterocycles. The molecule has 132 valence electrons. The monoisotopic (exact) mass is 358 g/mol. The molecule has 0 aromatic heterocycles. The lowest BCUT2D eigenvalue weighted by molar-refractivity contribution is 0.306. The van der Waals surface area contributed by atoms with E-state index in [9.17, 15) is 0 Å². The van der Waals surface area contributed by atoms with E-state index >= 15 is 0 Å². The van der Waals surface area contributed by atoms with Crippen molar-refractivity contribution in [1.29, 1.82) is 0 Å². The third kappa shape index (κ3) is 15.4. The van der Waals surface area contributed by atoms with Gasteiger partial charge in [0.15, 0.2) is 0 Å². The molecule has 0 spiro atoms. The molecule has 0 rings (SSSR count). The fraction of sp³-hybridized carbons (Fsp3) is 0.833. The van der Waals surface area contributed by atoms with Gasteiger partial charge < -0.3 is 21.7 Å². The molecule has 0 aliphatic rings. The third-order valence-electron chi connectivity index (χ3n) is 2.30. The number of amidine groups is 2. The normalized spacial score (nSPS) is 15.1.